The number of carbonyl (C=O) groups is 2. The average molecular weight is 383 g/mol. The van der Waals surface area contributed by atoms with E-state index in [9.17, 15) is 22.4 Å². The van der Waals surface area contributed by atoms with Crippen LogP contribution in [0, 0.1) is 17.1 Å². The molecule has 0 aromatic heterocycles. The normalized spacial score (nSPS) is 15.8. The summed E-state index contributed by atoms with van der Waals surface area (Å²) in [6, 6.07) is 6.14. The number of nitrogens with zero attached hydrogens (tertiary/aromatic N) is 1. The molecule has 1 aromatic rings. The summed E-state index contributed by atoms with van der Waals surface area (Å²) in [6.45, 7) is -1.29. The maximum absolute atomic E-state index is 12.8. The Kier molecular flexibility index (Phi) is 6.28. The van der Waals surface area contributed by atoms with Gasteiger partial charge >= 0.3 is 5.97 Å². The predicted octanol–water partition coefficient (Wildman–Crippen LogP) is 0.600. The molecule has 2 rings (SSSR count). The molecular weight excluding hydrogens is 365 g/mol. The highest BCUT2D eigenvalue weighted by atomic mass is 32.2. The number of carbonyl (C=O) groups excluding carboxylic acids is 2. The number of esters is 1. The number of ether oxygens (including phenoxy) is 1. The van der Waals surface area contributed by atoms with Crippen LogP contribution < -0.4 is 10.0 Å². The number of nitriles is 1. The SMILES string of the molecule is N#CC1(NC(=O)COC(=O)CNS(=O)(=O)c2ccc(F)cc2)CCCC1. The van der Waals surface area contributed by atoms with Gasteiger partial charge in [0.2, 0.25) is 10.0 Å². The quantitative estimate of drug-likeness (QED) is 0.664. The summed E-state index contributed by atoms with van der Waals surface area (Å²) in [5, 5.41) is 11.7. The van der Waals surface area contributed by atoms with E-state index in [1.807, 2.05) is 4.72 Å². The average Bonchev–Trinajstić information content (AvgIpc) is 3.07. The van der Waals surface area contributed by atoms with Crippen LogP contribution >= 0.6 is 0 Å². The molecule has 0 radical (unpaired) electrons. The summed E-state index contributed by atoms with van der Waals surface area (Å²) < 4.78 is 43.4. The lowest BCUT2D eigenvalue weighted by atomic mass is 10.00. The molecule has 26 heavy (non-hydrogen) atoms. The maximum Gasteiger partial charge on any atom is 0.321 e. The summed E-state index contributed by atoms with van der Waals surface area (Å²) in [5.41, 5.74) is -0.923. The van der Waals surface area contributed by atoms with Crippen molar-refractivity contribution < 1.29 is 27.1 Å². The Labute approximate surface area is 150 Å². The highest BCUT2D eigenvalue weighted by molar-refractivity contribution is 7.89. The monoisotopic (exact) mass is 383 g/mol. The second-order valence-electron chi connectivity index (χ2n) is 5.89. The lowest BCUT2D eigenvalue weighted by Gasteiger charge is -2.21. The van der Waals surface area contributed by atoms with E-state index >= 15 is 0 Å². The Morgan fingerprint density at radius 2 is 1.85 bits per heavy atom. The van der Waals surface area contributed by atoms with Crippen LogP contribution in [0.4, 0.5) is 4.39 Å². The van der Waals surface area contributed by atoms with Crippen LogP contribution in [0.15, 0.2) is 29.2 Å². The molecule has 1 amide bonds. The Bertz CT molecular complexity index is 811. The van der Waals surface area contributed by atoms with E-state index in [4.69, 9.17) is 10.00 Å². The molecule has 1 fully saturated rings. The third-order valence-electron chi connectivity index (χ3n) is 3.94. The van der Waals surface area contributed by atoms with E-state index in [-0.39, 0.29) is 4.90 Å². The first-order valence-electron chi connectivity index (χ1n) is 7.89. The summed E-state index contributed by atoms with van der Waals surface area (Å²) in [6.07, 6.45) is 2.75. The molecule has 0 bridgehead atoms. The van der Waals surface area contributed by atoms with Gasteiger partial charge in [0.25, 0.3) is 5.91 Å². The third kappa shape index (κ3) is 5.24. The van der Waals surface area contributed by atoms with Crippen LogP contribution in [-0.2, 0) is 24.3 Å². The number of hydrogen-bond acceptors (Lipinski definition) is 6. The lowest BCUT2D eigenvalue weighted by molar-refractivity contribution is -0.147. The Morgan fingerprint density at radius 1 is 1.23 bits per heavy atom. The van der Waals surface area contributed by atoms with Gasteiger partial charge in [0.1, 0.15) is 17.9 Å². The van der Waals surface area contributed by atoms with Crippen molar-refractivity contribution in [2.45, 2.75) is 36.1 Å². The zero-order chi connectivity index (χ0) is 19.2. The lowest BCUT2D eigenvalue weighted by Crippen LogP contribution is -2.47. The van der Waals surface area contributed by atoms with Gasteiger partial charge in [-0.1, -0.05) is 0 Å². The highest BCUT2D eigenvalue weighted by Gasteiger charge is 2.35. The van der Waals surface area contributed by atoms with Gasteiger partial charge in [-0.15, -0.1) is 0 Å². The molecule has 140 valence electrons. The number of rotatable bonds is 7. The van der Waals surface area contributed by atoms with Gasteiger partial charge in [-0.2, -0.15) is 9.98 Å². The van der Waals surface area contributed by atoms with Crippen molar-refractivity contribution in [1.82, 2.24) is 10.0 Å². The molecule has 2 N–H and O–H groups in total. The van der Waals surface area contributed by atoms with Gasteiger partial charge in [0.15, 0.2) is 6.61 Å². The van der Waals surface area contributed by atoms with Crippen LogP contribution in [-0.4, -0.2) is 39.0 Å². The molecule has 0 heterocycles. The van der Waals surface area contributed by atoms with Crippen LogP contribution in [0.3, 0.4) is 0 Å². The van der Waals surface area contributed by atoms with Crippen LogP contribution in [0.1, 0.15) is 25.7 Å². The number of hydrogen-bond donors (Lipinski definition) is 2. The van der Waals surface area contributed by atoms with E-state index in [0.29, 0.717) is 12.8 Å². The van der Waals surface area contributed by atoms with E-state index in [1.54, 1.807) is 0 Å². The topological polar surface area (TPSA) is 125 Å². The van der Waals surface area contributed by atoms with E-state index in [2.05, 4.69) is 11.4 Å². The van der Waals surface area contributed by atoms with Gasteiger partial charge in [-0.3, -0.25) is 9.59 Å². The highest BCUT2D eigenvalue weighted by Crippen LogP contribution is 2.28. The molecule has 0 spiro atoms. The minimum atomic E-state index is -4.00. The van der Waals surface area contributed by atoms with E-state index in [1.165, 1.54) is 0 Å². The van der Waals surface area contributed by atoms with Crippen LogP contribution in [0.2, 0.25) is 0 Å². The van der Waals surface area contributed by atoms with E-state index in [0.717, 1.165) is 37.1 Å². The zero-order valence-corrected chi connectivity index (χ0v) is 14.6. The summed E-state index contributed by atoms with van der Waals surface area (Å²) in [7, 11) is -4.00. The number of halogens is 1. The molecule has 1 aliphatic carbocycles. The van der Waals surface area contributed by atoms with Crippen LogP contribution in [0.5, 0.6) is 0 Å². The molecule has 0 aliphatic heterocycles. The van der Waals surface area contributed by atoms with Gasteiger partial charge in [-0.05, 0) is 49.9 Å². The van der Waals surface area contributed by atoms with Crippen molar-refractivity contribution >= 4 is 21.9 Å². The second-order valence-corrected chi connectivity index (χ2v) is 7.66. The van der Waals surface area contributed by atoms with Crippen molar-refractivity contribution in [3.05, 3.63) is 30.1 Å². The molecule has 1 saturated carbocycles. The molecule has 1 aliphatic rings. The number of amides is 1. The summed E-state index contributed by atoms with van der Waals surface area (Å²) >= 11 is 0. The molecule has 0 saturated heterocycles. The fraction of sp³-hybridized carbons (Fsp3) is 0.438. The Hall–Kier alpha value is -2.51. The van der Waals surface area contributed by atoms with Crippen molar-refractivity contribution in [3.63, 3.8) is 0 Å². The molecular formula is C16H18FN3O5S. The number of nitrogens with one attached hydrogen (secondary N) is 2. The number of sulfonamides is 1. The Balaban J connectivity index is 1.79. The van der Waals surface area contributed by atoms with Gasteiger partial charge in [0.05, 0.1) is 11.0 Å². The maximum atomic E-state index is 12.8. The fourth-order valence-corrected chi connectivity index (χ4v) is 3.56. The predicted molar refractivity (Wildman–Crippen MR) is 87.5 cm³/mol. The Morgan fingerprint density at radius 3 is 2.42 bits per heavy atom. The standard InChI is InChI=1S/C16H18FN3O5S/c17-12-3-5-13(6-4-12)26(23,24)19-9-15(22)25-10-14(21)20-16(11-18)7-1-2-8-16/h3-6,19H,1-2,7-10H2,(H,20,21). The molecule has 8 nitrogen and oxygen atoms in total. The second kappa shape index (κ2) is 8.25. The largest absolute Gasteiger partial charge is 0.455 e. The number of benzene rings is 1. The first kappa shape index (κ1) is 19.8. The van der Waals surface area contributed by atoms with Crippen molar-refractivity contribution in [1.29, 1.82) is 5.26 Å². The fourth-order valence-electron chi connectivity index (χ4n) is 2.59. The first-order valence-corrected chi connectivity index (χ1v) is 9.38. The zero-order valence-electron chi connectivity index (χ0n) is 13.8. The smallest absolute Gasteiger partial charge is 0.321 e. The molecule has 0 atom stereocenters. The minimum absolute atomic E-state index is 0.207. The van der Waals surface area contributed by atoms with Crippen molar-refractivity contribution in [2.24, 2.45) is 0 Å². The van der Waals surface area contributed by atoms with Gasteiger partial charge in [-0.25, -0.2) is 12.8 Å². The van der Waals surface area contributed by atoms with E-state index < -0.39 is 46.4 Å². The van der Waals surface area contributed by atoms with Gasteiger partial charge in [0, 0.05) is 0 Å². The molecule has 0 unspecified atom stereocenters. The molecule has 1 aromatic carbocycles. The minimum Gasteiger partial charge on any atom is -0.455 e. The van der Waals surface area contributed by atoms with Crippen LogP contribution in [0.25, 0.3) is 0 Å². The third-order valence-corrected chi connectivity index (χ3v) is 5.36. The molecule has 10 heteroatoms. The van der Waals surface area contributed by atoms with Gasteiger partial charge < -0.3 is 10.1 Å². The summed E-state index contributed by atoms with van der Waals surface area (Å²) in [5.74, 6) is -2.17. The first-order chi connectivity index (χ1) is 12.3. The van der Waals surface area contributed by atoms with Crippen molar-refractivity contribution in [2.75, 3.05) is 13.2 Å². The summed E-state index contributed by atoms with van der Waals surface area (Å²) in [4.78, 5) is 23.2. The van der Waals surface area contributed by atoms with Crippen molar-refractivity contribution in [3.8, 4) is 6.07 Å².